The maximum Gasteiger partial charge on any atom is 0.232 e. The van der Waals surface area contributed by atoms with Gasteiger partial charge in [0.05, 0.1) is 11.1 Å². The fourth-order valence-corrected chi connectivity index (χ4v) is 4.20. The number of ketones is 1. The van der Waals surface area contributed by atoms with E-state index in [1.54, 1.807) is 18.2 Å². The lowest BCUT2D eigenvalue weighted by atomic mass is 9.98. The van der Waals surface area contributed by atoms with Gasteiger partial charge in [-0.2, -0.15) is 0 Å². The van der Waals surface area contributed by atoms with Crippen molar-refractivity contribution in [2.45, 2.75) is 20.0 Å². The van der Waals surface area contributed by atoms with Gasteiger partial charge in [0.25, 0.3) is 0 Å². The molecule has 0 unspecified atom stereocenters. The fraction of sp³-hybridized carbons (Fsp3) is 0.160. The van der Waals surface area contributed by atoms with Gasteiger partial charge >= 0.3 is 0 Å². The van der Waals surface area contributed by atoms with E-state index in [1.807, 2.05) is 37.3 Å². The van der Waals surface area contributed by atoms with Crippen LogP contribution in [0.2, 0.25) is 0 Å². The van der Waals surface area contributed by atoms with E-state index in [0.29, 0.717) is 36.9 Å². The Labute approximate surface area is 188 Å². The van der Waals surface area contributed by atoms with Crippen LogP contribution in [0, 0.1) is 12.7 Å². The standard InChI is InChI=1S/C25H19BrFNO3/c1-15-10-21-20(13-28(14-30-21)12-17-4-8-19(27)9-5-17)25-23(15)24(29)22(31-25)11-16-2-6-18(26)7-3-16/h2-11H,12-14H2,1H3/b22-11-. The van der Waals surface area contributed by atoms with Crippen LogP contribution < -0.4 is 9.47 Å². The van der Waals surface area contributed by atoms with Gasteiger partial charge in [-0.05, 0) is 60.0 Å². The largest absolute Gasteiger partial charge is 0.478 e. The minimum Gasteiger partial charge on any atom is -0.478 e. The second kappa shape index (κ2) is 7.94. The van der Waals surface area contributed by atoms with Gasteiger partial charge in [-0.15, -0.1) is 0 Å². The Bertz CT molecular complexity index is 1200. The first-order chi connectivity index (χ1) is 15.0. The van der Waals surface area contributed by atoms with Gasteiger partial charge in [-0.25, -0.2) is 4.39 Å². The topological polar surface area (TPSA) is 38.8 Å². The molecular formula is C25H19BrFNO3. The van der Waals surface area contributed by atoms with Crippen molar-refractivity contribution in [1.82, 2.24) is 4.90 Å². The van der Waals surface area contributed by atoms with Crippen LogP contribution >= 0.6 is 15.9 Å². The van der Waals surface area contributed by atoms with Crippen molar-refractivity contribution < 1.29 is 18.7 Å². The molecule has 0 amide bonds. The number of nitrogens with zero attached hydrogens (tertiary/aromatic N) is 1. The first-order valence-electron chi connectivity index (χ1n) is 9.94. The van der Waals surface area contributed by atoms with Crippen molar-refractivity contribution >= 4 is 27.8 Å². The van der Waals surface area contributed by atoms with Crippen molar-refractivity contribution in [2.24, 2.45) is 0 Å². The summed E-state index contributed by atoms with van der Waals surface area (Å²) in [5.74, 6) is 1.25. The zero-order valence-corrected chi connectivity index (χ0v) is 18.4. The highest BCUT2D eigenvalue weighted by Gasteiger charge is 2.35. The summed E-state index contributed by atoms with van der Waals surface area (Å²) in [5, 5.41) is 0. The molecule has 0 atom stereocenters. The molecule has 0 bridgehead atoms. The zero-order chi connectivity index (χ0) is 21.5. The first kappa shape index (κ1) is 20.0. The van der Waals surface area contributed by atoms with Crippen LogP contribution in [0.5, 0.6) is 11.5 Å². The van der Waals surface area contributed by atoms with Gasteiger partial charge in [0.15, 0.2) is 5.76 Å². The van der Waals surface area contributed by atoms with Gasteiger partial charge in [0, 0.05) is 17.6 Å². The molecule has 3 aromatic rings. The molecule has 2 heterocycles. The van der Waals surface area contributed by atoms with E-state index in [4.69, 9.17) is 9.47 Å². The number of fused-ring (bicyclic) bond motifs is 3. The highest BCUT2D eigenvalue weighted by molar-refractivity contribution is 9.10. The number of benzene rings is 3. The number of hydrogen-bond donors (Lipinski definition) is 0. The predicted octanol–water partition coefficient (Wildman–Crippen LogP) is 5.86. The Morgan fingerprint density at radius 1 is 1.13 bits per heavy atom. The predicted molar refractivity (Wildman–Crippen MR) is 119 cm³/mol. The van der Waals surface area contributed by atoms with Crippen molar-refractivity contribution in [2.75, 3.05) is 6.73 Å². The van der Waals surface area contributed by atoms with Crippen LogP contribution in [0.4, 0.5) is 4.39 Å². The Morgan fingerprint density at radius 2 is 1.87 bits per heavy atom. The number of aryl methyl sites for hydroxylation is 1. The average molecular weight is 480 g/mol. The van der Waals surface area contributed by atoms with E-state index < -0.39 is 0 Å². The molecule has 0 fully saturated rings. The summed E-state index contributed by atoms with van der Waals surface area (Å²) in [6.07, 6.45) is 1.76. The number of carbonyl (C=O) groups is 1. The molecule has 156 valence electrons. The van der Waals surface area contributed by atoms with Gasteiger partial charge in [0.1, 0.15) is 24.0 Å². The lowest BCUT2D eigenvalue weighted by Crippen LogP contribution is -2.31. The summed E-state index contributed by atoms with van der Waals surface area (Å²) < 4.78 is 26.2. The smallest absolute Gasteiger partial charge is 0.232 e. The molecule has 0 saturated carbocycles. The molecule has 5 rings (SSSR count). The quantitative estimate of drug-likeness (QED) is 0.440. The third-order valence-corrected chi connectivity index (χ3v) is 6.00. The van der Waals surface area contributed by atoms with E-state index in [1.165, 1.54) is 12.1 Å². The summed E-state index contributed by atoms with van der Waals surface area (Å²) in [6, 6.07) is 16.0. The van der Waals surface area contributed by atoms with Crippen LogP contribution in [-0.4, -0.2) is 17.4 Å². The summed E-state index contributed by atoms with van der Waals surface area (Å²) in [7, 11) is 0. The van der Waals surface area contributed by atoms with Crippen LogP contribution in [-0.2, 0) is 13.1 Å². The highest BCUT2D eigenvalue weighted by Crippen LogP contribution is 2.44. The third-order valence-electron chi connectivity index (χ3n) is 5.47. The normalized spacial score (nSPS) is 16.6. The molecule has 3 aromatic carbocycles. The van der Waals surface area contributed by atoms with Gasteiger partial charge in [-0.3, -0.25) is 9.69 Å². The fourth-order valence-electron chi connectivity index (χ4n) is 3.94. The van der Waals surface area contributed by atoms with Crippen LogP contribution in [0.3, 0.4) is 0 Å². The van der Waals surface area contributed by atoms with E-state index in [-0.39, 0.29) is 11.6 Å². The molecule has 0 aliphatic carbocycles. The van der Waals surface area contributed by atoms with Gasteiger partial charge in [-0.1, -0.05) is 40.2 Å². The van der Waals surface area contributed by atoms with Crippen molar-refractivity contribution in [3.05, 3.63) is 98.5 Å². The molecule has 31 heavy (non-hydrogen) atoms. The highest BCUT2D eigenvalue weighted by atomic mass is 79.9. The maximum atomic E-state index is 13.2. The summed E-state index contributed by atoms with van der Waals surface area (Å²) in [6.45, 7) is 3.50. The minimum atomic E-state index is -0.255. The molecule has 0 aromatic heterocycles. The minimum absolute atomic E-state index is 0.117. The average Bonchev–Trinajstić information content (AvgIpc) is 3.09. The number of carbonyl (C=O) groups excluding carboxylic acids is 1. The number of halogens is 2. The van der Waals surface area contributed by atoms with E-state index in [2.05, 4.69) is 20.8 Å². The van der Waals surface area contributed by atoms with Crippen LogP contribution in [0.1, 0.15) is 32.6 Å². The molecule has 4 nitrogen and oxygen atoms in total. The molecule has 0 radical (unpaired) electrons. The number of Topliss-reactive ketones (excluding diaryl/α,β-unsaturated/α-hetero) is 1. The second-order valence-corrected chi connectivity index (χ2v) is 8.67. The monoisotopic (exact) mass is 479 g/mol. The van der Waals surface area contributed by atoms with Gasteiger partial charge in [0.2, 0.25) is 5.78 Å². The van der Waals surface area contributed by atoms with Crippen molar-refractivity contribution in [3.8, 4) is 11.5 Å². The molecule has 0 saturated heterocycles. The molecule has 2 aliphatic rings. The second-order valence-electron chi connectivity index (χ2n) is 7.75. The third kappa shape index (κ3) is 3.89. The first-order valence-corrected chi connectivity index (χ1v) is 10.7. The van der Waals surface area contributed by atoms with Crippen LogP contribution in [0.15, 0.2) is 64.8 Å². The van der Waals surface area contributed by atoms with Crippen molar-refractivity contribution in [1.29, 1.82) is 0 Å². The Kier molecular flexibility index (Phi) is 5.12. The molecule has 6 heteroatoms. The van der Waals surface area contributed by atoms with E-state index in [0.717, 1.165) is 32.5 Å². The molecular weight excluding hydrogens is 461 g/mol. The maximum absolute atomic E-state index is 13.2. The number of rotatable bonds is 3. The van der Waals surface area contributed by atoms with Crippen LogP contribution in [0.25, 0.3) is 6.08 Å². The number of allylic oxidation sites excluding steroid dienone is 1. The lowest BCUT2D eigenvalue weighted by molar-refractivity contribution is 0.0872. The molecule has 0 N–H and O–H groups in total. The molecule has 0 spiro atoms. The Hall–Kier alpha value is -2.96. The zero-order valence-electron chi connectivity index (χ0n) is 16.8. The molecule has 2 aliphatic heterocycles. The SMILES string of the molecule is Cc1cc2c(c3c1C(=O)/C(=C/c1ccc(Br)cc1)O3)CN(Cc1ccc(F)cc1)CO2. The van der Waals surface area contributed by atoms with E-state index >= 15 is 0 Å². The number of hydrogen-bond acceptors (Lipinski definition) is 4. The number of ether oxygens (including phenoxy) is 2. The van der Waals surface area contributed by atoms with E-state index in [9.17, 15) is 9.18 Å². The van der Waals surface area contributed by atoms with Crippen molar-refractivity contribution in [3.63, 3.8) is 0 Å². The Morgan fingerprint density at radius 3 is 2.61 bits per heavy atom. The lowest BCUT2D eigenvalue weighted by Gasteiger charge is -2.30. The summed E-state index contributed by atoms with van der Waals surface area (Å²) in [4.78, 5) is 15.2. The van der Waals surface area contributed by atoms with Gasteiger partial charge < -0.3 is 9.47 Å². The summed E-state index contributed by atoms with van der Waals surface area (Å²) in [5.41, 5.74) is 4.17. The Balaban J connectivity index is 1.45. The summed E-state index contributed by atoms with van der Waals surface area (Å²) >= 11 is 3.42.